The van der Waals surface area contributed by atoms with Crippen LogP contribution in [0.5, 0.6) is 11.5 Å². The first kappa shape index (κ1) is 13.4. The number of esters is 1. The lowest BCUT2D eigenvalue weighted by Gasteiger charge is -2.24. The number of methoxy groups -OCH3 is 1. The summed E-state index contributed by atoms with van der Waals surface area (Å²) >= 11 is 0. The summed E-state index contributed by atoms with van der Waals surface area (Å²) in [5, 5.41) is 21.6. The van der Waals surface area contributed by atoms with Crippen molar-refractivity contribution in [2.75, 3.05) is 7.11 Å². The van der Waals surface area contributed by atoms with Crippen molar-refractivity contribution in [3.05, 3.63) is 35.4 Å². The first-order valence-electron chi connectivity index (χ1n) is 6.61. The van der Waals surface area contributed by atoms with Crippen molar-refractivity contribution >= 4 is 22.5 Å². The largest absolute Gasteiger partial charge is 0.507 e. The summed E-state index contributed by atoms with van der Waals surface area (Å²) in [5.41, 5.74) is 0.434. The van der Waals surface area contributed by atoms with Gasteiger partial charge in [-0.1, -0.05) is 24.3 Å². The van der Waals surface area contributed by atoms with Crippen LogP contribution in [0.25, 0.3) is 10.8 Å². The normalized spacial score (nSPS) is 17.6. The Bertz CT molecular complexity index is 763. The Morgan fingerprint density at radius 3 is 2.38 bits per heavy atom. The third-order valence-electron chi connectivity index (χ3n) is 3.96. The van der Waals surface area contributed by atoms with Gasteiger partial charge < -0.3 is 14.9 Å². The molecule has 1 atom stereocenters. The van der Waals surface area contributed by atoms with Gasteiger partial charge in [-0.2, -0.15) is 0 Å². The molecule has 2 aromatic carbocycles. The highest BCUT2D eigenvalue weighted by Crippen LogP contribution is 2.43. The minimum Gasteiger partial charge on any atom is -0.507 e. The Labute approximate surface area is 120 Å². The number of benzene rings is 2. The number of Topliss-reactive ketones (excluding diaryl/α,β-unsaturated/α-hetero) is 1. The number of phenolic OH excluding ortho intramolecular Hbond substituents is 2. The Kier molecular flexibility index (Phi) is 3.05. The van der Waals surface area contributed by atoms with Crippen LogP contribution in [-0.2, 0) is 16.0 Å². The van der Waals surface area contributed by atoms with Gasteiger partial charge in [0.05, 0.1) is 18.6 Å². The van der Waals surface area contributed by atoms with Crippen LogP contribution >= 0.6 is 0 Å². The SMILES string of the molecule is COC(=O)C1CC(=O)c2c(c(O)c3ccccc3c2O)C1. The zero-order chi connectivity index (χ0) is 15.1. The van der Waals surface area contributed by atoms with Crippen molar-refractivity contribution in [2.45, 2.75) is 12.8 Å². The van der Waals surface area contributed by atoms with Crippen LogP contribution in [0.3, 0.4) is 0 Å². The molecule has 0 bridgehead atoms. The summed E-state index contributed by atoms with van der Waals surface area (Å²) in [7, 11) is 1.26. The van der Waals surface area contributed by atoms with Crippen LogP contribution in [0, 0.1) is 5.92 Å². The molecule has 2 aromatic rings. The molecule has 0 radical (unpaired) electrons. The van der Waals surface area contributed by atoms with Gasteiger partial charge >= 0.3 is 5.97 Å². The molecule has 0 amide bonds. The molecule has 0 saturated heterocycles. The van der Waals surface area contributed by atoms with Crippen LogP contribution in [0.1, 0.15) is 22.3 Å². The fourth-order valence-corrected chi connectivity index (χ4v) is 2.93. The van der Waals surface area contributed by atoms with E-state index in [2.05, 4.69) is 4.74 Å². The minimum absolute atomic E-state index is 0.0228. The molecule has 0 spiro atoms. The highest BCUT2D eigenvalue weighted by molar-refractivity contribution is 6.10. The second-order valence-corrected chi connectivity index (χ2v) is 5.15. The van der Waals surface area contributed by atoms with Crippen molar-refractivity contribution in [3.63, 3.8) is 0 Å². The van der Waals surface area contributed by atoms with Crippen molar-refractivity contribution in [1.82, 2.24) is 0 Å². The third-order valence-corrected chi connectivity index (χ3v) is 3.96. The number of ether oxygens (including phenoxy) is 1. The summed E-state index contributed by atoms with van der Waals surface area (Å²) in [6.45, 7) is 0. The van der Waals surface area contributed by atoms with Crippen molar-refractivity contribution in [2.24, 2.45) is 5.92 Å². The summed E-state index contributed by atoms with van der Waals surface area (Å²) in [6.07, 6.45) is 0.156. The Morgan fingerprint density at radius 2 is 1.76 bits per heavy atom. The fraction of sp³-hybridized carbons (Fsp3) is 0.250. The predicted octanol–water partition coefficient (Wildman–Crippen LogP) is 2.17. The number of ketones is 1. The van der Waals surface area contributed by atoms with Gasteiger partial charge in [0.15, 0.2) is 5.78 Å². The minimum atomic E-state index is -0.624. The monoisotopic (exact) mass is 286 g/mol. The van der Waals surface area contributed by atoms with Crippen LogP contribution < -0.4 is 0 Å². The van der Waals surface area contributed by atoms with Crippen LogP contribution in [-0.4, -0.2) is 29.1 Å². The van der Waals surface area contributed by atoms with Crippen LogP contribution in [0.2, 0.25) is 0 Å². The second kappa shape index (κ2) is 4.77. The van der Waals surface area contributed by atoms with E-state index >= 15 is 0 Å². The number of phenols is 2. The molecule has 2 N–H and O–H groups in total. The summed E-state index contributed by atoms with van der Waals surface area (Å²) in [6, 6.07) is 6.76. The lowest BCUT2D eigenvalue weighted by Crippen LogP contribution is -2.27. The lowest BCUT2D eigenvalue weighted by molar-refractivity contribution is -0.145. The lowest BCUT2D eigenvalue weighted by atomic mass is 9.80. The number of fused-ring (bicyclic) bond motifs is 2. The van der Waals surface area contributed by atoms with Crippen molar-refractivity contribution < 1.29 is 24.5 Å². The molecule has 1 unspecified atom stereocenters. The topological polar surface area (TPSA) is 83.8 Å². The molecular weight excluding hydrogens is 272 g/mol. The van der Waals surface area contributed by atoms with E-state index in [0.717, 1.165) is 0 Å². The molecule has 0 saturated carbocycles. The van der Waals surface area contributed by atoms with E-state index in [4.69, 9.17) is 0 Å². The maximum Gasteiger partial charge on any atom is 0.309 e. The third kappa shape index (κ3) is 1.93. The molecule has 3 rings (SSSR count). The van der Waals surface area contributed by atoms with Gasteiger partial charge in [-0.15, -0.1) is 0 Å². The first-order chi connectivity index (χ1) is 10.0. The molecule has 5 nitrogen and oxygen atoms in total. The van der Waals surface area contributed by atoms with E-state index in [9.17, 15) is 19.8 Å². The van der Waals surface area contributed by atoms with Gasteiger partial charge in [0.2, 0.25) is 0 Å². The molecule has 1 aliphatic carbocycles. The number of carbonyl (C=O) groups excluding carboxylic acids is 2. The Hall–Kier alpha value is -2.56. The summed E-state index contributed by atoms with van der Waals surface area (Å²) < 4.78 is 4.68. The molecular formula is C16H14O5. The molecule has 0 aliphatic heterocycles. The fourth-order valence-electron chi connectivity index (χ4n) is 2.93. The summed E-state index contributed by atoms with van der Waals surface area (Å²) in [5.74, 6) is -1.65. The maximum atomic E-state index is 12.3. The highest BCUT2D eigenvalue weighted by atomic mass is 16.5. The summed E-state index contributed by atoms with van der Waals surface area (Å²) in [4.78, 5) is 23.9. The van der Waals surface area contributed by atoms with Crippen molar-refractivity contribution in [1.29, 1.82) is 0 Å². The maximum absolute atomic E-state index is 12.3. The van der Waals surface area contributed by atoms with E-state index < -0.39 is 11.9 Å². The quantitative estimate of drug-likeness (QED) is 0.620. The number of hydrogen-bond donors (Lipinski definition) is 2. The van der Waals surface area contributed by atoms with Gasteiger partial charge in [-0.25, -0.2) is 0 Å². The molecule has 5 heteroatoms. The number of hydrogen-bond acceptors (Lipinski definition) is 5. The Morgan fingerprint density at radius 1 is 1.14 bits per heavy atom. The number of rotatable bonds is 1. The molecule has 0 fully saturated rings. The highest BCUT2D eigenvalue weighted by Gasteiger charge is 2.35. The average molecular weight is 286 g/mol. The average Bonchev–Trinajstić information content (AvgIpc) is 2.51. The second-order valence-electron chi connectivity index (χ2n) is 5.15. The van der Waals surface area contributed by atoms with Gasteiger partial charge in [-0.05, 0) is 6.42 Å². The molecule has 1 aliphatic rings. The first-order valence-corrected chi connectivity index (χ1v) is 6.61. The van der Waals surface area contributed by atoms with Crippen LogP contribution in [0.4, 0.5) is 0 Å². The van der Waals surface area contributed by atoms with Crippen LogP contribution in [0.15, 0.2) is 24.3 Å². The van der Waals surface area contributed by atoms with Gasteiger partial charge in [-0.3, -0.25) is 9.59 Å². The number of carbonyl (C=O) groups is 2. The van der Waals surface area contributed by atoms with E-state index in [1.807, 2.05) is 0 Å². The van der Waals surface area contributed by atoms with Gasteiger partial charge in [0.1, 0.15) is 11.5 Å². The van der Waals surface area contributed by atoms with E-state index in [0.29, 0.717) is 16.3 Å². The molecule has 21 heavy (non-hydrogen) atoms. The van der Waals surface area contributed by atoms with E-state index in [1.54, 1.807) is 24.3 Å². The van der Waals surface area contributed by atoms with Gasteiger partial charge in [0, 0.05) is 22.8 Å². The molecule has 108 valence electrons. The van der Waals surface area contributed by atoms with E-state index in [-0.39, 0.29) is 35.7 Å². The predicted molar refractivity (Wildman–Crippen MR) is 75.4 cm³/mol. The molecule has 0 aromatic heterocycles. The standard InChI is InChI=1S/C16H14O5/c1-21-16(20)8-6-11-13(12(17)7-8)15(19)10-5-3-2-4-9(10)14(11)18/h2-5,8,18-19H,6-7H2,1H3. The number of aromatic hydroxyl groups is 2. The molecule has 0 heterocycles. The zero-order valence-electron chi connectivity index (χ0n) is 11.4. The van der Waals surface area contributed by atoms with E-state index in [1.165, 1.54) is 7.11 Å². The smallest absolute Gasteiger partial charge is 0.309 e. The van der Waals surface area contributed by atoms with Gasteiger partial charge in [0.25, 0.3) is 0 Å². The zero-order valence-corrected chi connectivity index (χ0v) is 11.4. The Balaban J connectivity index is 2.25. The van der Waals surface area contributed by atoms with Crippen molar-refractivity contribution in [3.8, 4) is 11.5 Å².